The molecular formula is C23H26N2O2S. The molecule has 2 aromatic rings. The molecule has 4 rings (SSSR count). The van der Waals surface area contributed by atoms with Crippen LogP contribution in [0.1, 0.15) is 40.7 Å². The van der Waals surface area contributed by atoms with Gasteiger partial charge in [0.15, 0.2) is 0 Å². The number of hydrogen-bond donors (Lipinski definition) is 0. The van der Waals surface area contributed by atoms with E-state index in [0.29, 0.717) is 19.5 Å². The van der Waals surface area contributed by atoms with Crippen molar-refractivity contribution in [3.63, 3.8) is 0 Å². The molecule has 0 saturated carbocycles. The van der Waals surface area contributed by atoms with Gasteiger partial charge in [-0.2, -0.15) is 11.8 Å². The highest BCUT2D eigenvalue weighted by atomic mass is 32.2. The molecule has 2 heterocycles. The van der Waals surface area contributed by atoms with E-state index in [1.807, 2.05) is 78.3 Å². The lowest BCUT2D eigenvalue weighted by molar-refractivity contribution is -0.133. The van der Waals surface area contributed by atoms with E-state index in [-0.39, 0.29) is 17.4 Å². The maximum atomic E-state index is 13.1. The zero-order valence-corrected chi connectivity index (χ0v) is 17.1. The molecular weight excluding hydrogens is 368 g/mol. The van der Waals surface area contributed by atoms with Gasteiger partial charge in [-0.3, -0.25) is 9.59 Å². The zero-order valence-electron chi connectivity index (χ0n) is 16.3. The first-order chi connectivity index (χ1) is 13.6. The Morgan fingerprint density at radius 1 is 1.07 bits per heavy atom. The van der Waals surface area contributed by atoms with Crippen LogP contribution >= 0.6 is 11.8 Å². The van der Waals surface area contributed by atoms with Crippen molar-refractivity contribution in [1.29, 1.82) is 0 Å². The Bertz CT molecular complexity index is 862. The van der Waals surface area contributed by atoms with Crippen molar-refractivity contribution in [2.75, 3.05) is 18.6 Å². The van der Waals surface area contributed by atoms with Crippen molar-refractivity contribution in [1.82, 2.24) is 9.80 Å². The molecule has 0 bridgehead atoms. The highest BCUT2D eigenvalue weighted by Gasteiger charge is 2.46. The van der Waals surface area contributed by atoms with Crippen LogP contribution in [-0.2, 0) is 17.9 Å². The van der Waals surface area contributed by atoms with Crippen LogP contribution in [-0.4, -0.2) is 45.7 Å². The smallest absolute Gasteiger partial charge is 0.254 e. The van der Waals surface area contributed by atoms with Gasteiger partial charge in [0.05, 0.1) is 12.0 Å². The number of amides is 2. The summed E-state index contributed by atoms with van der Waals surface area (Å²) in [6, 6.07) is 17.9. The molecule has 4 nitrogen and oxygen atoms in total. The molecule has 0 atom stereocenters. The summed E-state index contributed by atoms with van der Waals surface area (Å²) in [4.78, 5) is 30.1. The molecule has 1 fully saturated rings. The largest absolute Gasteiger partial charge is 0.341 e. The Morgan fingerprint density at radius 2 is 1.75 bits per heavy atom. The molecule has 2 aliphatic rings. The van der Waals surface area contributed by atoms with Crippen LogP contribution in [0, 0.1) is 0 Å². The van der Waals surface area contributed by atoms with Gasteiger partial charge in [-0.05, 0) is 41.5 Å². The number of fused-ring (bicyclic) bond motifs is 1. The van der Waals surface area contributed by atoms with E-state index >= 15 is 0 Å². The van der Waals surface area contributed by atoms with E-state index < -0.39 is 0 Å². The molecule has 0 aromatic heterocycles. The summed E-state index contributed by atoms with van der Waals surface area (Å²) in [6.07, 6.45) is 2.15. The standard InChI is InChI=1S/C23H26N2O2S/c1-24(16-18-7-3-2-4-8-18)21(26)15-23(11-13-28-14-12-23)25-17-19-9-5-6-10-20(19)22(25)27/h2-10H,11-17H2,1H3. The Hall–Kier alpha value is -2.27. The fourth-order valence-corrected chi connectivity index (χ4v) is 5.55. The topological polar surface area (TPSA) is 40.6 Å². The molecule has 2 aliphatic heterocycles. The summed E-state index contributed by atoms with van der Waals surface area (Å²) in [5.41, 5.74) is 2.63. The maximum absolute atomic E-state index is 13.1. The second-order valence-electron chi connectivity index (χ2n) is 7.80. The minimum Gasteiger partial charge on any atom is -0.341 e. The van der Waals surface area contributed by atoms with Gasteiger partial charge >= 0.3 is 0 Å². The van der Waals surface area contributed by atoms with Gasteiger partial charge < -0.3 is 9.80 Å². The summed E-state index contributed by atoms with van der Waals surface area (Å²) >= 11 is 1.92. The number of rotatable bonds is 5. The van der Waals surface area contributed by atoms with Crippen molar-refractivity contribution < 1.29 is 9.59 Å². The summed E-state index contributed by atoms with van der Waals surface area (Å²) in [5, 5.41) is 0. The Labute approximate surface area is 170 Å². The lowest BCUT2D eigenvalue weighted by atomic mass is 9.85. The molecule has 0 radical (unpaired) electrons. The van der Waals surface area contributed by atoms with Gasteiger partial charge in [0, 0.05) is 25.7 Å². The third-order valence-electron chi connectivity index (χ3n) is 5.99. The number of benzene rings is 2. The molecule has 2 aromatic carbocycles. The van der Waals surface area contributed by atoms with Crippen LogP contribution in [0.2, 0.25) is 0 Å². The van der Waals surface area contributed by atoms with Crippen molar-refractivity contribution in [2.45, 2.75) is 37.9 Å². The second kappa shape index (κ2) is 8.00. The summed E-state index contributed by atoms with van der Waals surface area (Å²) in [7, 11) is 1.86. The first kappa shape index (κ1) is 19.1. The lowest BCUT2D eigenvalue weighted by Gasteiger charge is -2.44. The van der Waals surface area contributed by atoms with Gasteiger partial charge in [-0.1, -0.05) is 48.5 Å². The van der Waals surface area contributed by atoms with Crippen LogP contribution in [0.15, 0.2) is 54.6 Å². The van der Waals surface area contributed by atoms with Crippen LogP contribution < -0.4 is 0 Å². The van der Waals surface area contributed by atoms with Gasteiger partial charge in [-0.15, -0.1) is 0 Å². The van der Waals surface area contributed by atoms with E-state index in [9.17, 15) is 9.59 Å². The first-order valence-corrected chi connectivity index (χ1v) is 11.0. The highest BCUT2D eigenvalue weighted by Crippen LogP contribution is 2.40. The third-order valence-corrected chi connectivity index (χ3v) is 6.97. The van der Waals surface area contributed by atoms with Gasteiger partial charge in [0.2, 0.25) is 5.91 Å². The van der Waals surface area contributed by atoms with E-state index in [4.69, 9.17) is 0 Å². The summed E-state index contributed by atoms with van der Waals surface area (Å²) in [5.74, 6) is 2.19. The molecule has 146 valence electrons. The van der Waals surface area contributed by atoms with Crippen LogP contribution in [0.3, 0.4) is 0 Å². The lowest BCUT2D eigenvalue weighted by Crippen LogP contribution is -2.53. The minimum atomic E-state index is -0.372. The normalized spacial score (nSPS) is 18.0. The third kappa shape index (κ3) is 3.68. The average Bonchev–Trinajstić information content (AvgIpc) is 3.07. The first-order valence-electron chi connectivity index (χ1n) is 9.85. The molecule has 1 saturated heterocycles. The predicted molar refractivity (Wildman–Crippen MR) is 113 cm³/mol. The summed E-state index contributed by atoms with van der Waals surface area (Å²) in [6.45, 7) is 1.22. The van der Waals surface area contributed by atoms with Crippen molar-refractivity contribution >= 4 is 23.6 Å². The fraction of sp³-hybridized carbons (Fsp3) is 0.391. The Balaban J connectivity index is 1.53. The van der Waals surface area contributed by atoms with Crippen LogP contribution in [0.4, 0.5) is 0 Å². The van der Waals surface area contributed by atoms with Crippen molar-refractivity contribution in [2.24, 2.45) is 0 Å². The fourth-order valence-electron chi connectivity index (χ4n) is 4.29. The number of carbonyl (C=O) groups excluding carboxylic acids is 2. The number of hydrogen-bond acceptors (Lipinski definition) is 3. The maximum Gasteiger partial charge on any atom is 0.254 e. The molecule has 0 N–H and O–H groups in total. The average molecular weight is 395 g/mol. The van der Waals surface area contributed by atoms with Crippen LogP contribution in [0.5, 0.6) is 0 Å². The predicted octanol–water partition coefficient (Wildman–Crippen LogP) is 3.96. The molecule has 28 heavy (non-hydrogen) atoms. The molecule has 2 amide bonds. The number of nitrogens with zero attached hydrogens (tertiary/aromatic N) is 2. The van der Waals surface area contributed by atoms with Crippen LogP contribution in [0.25, 0.3) is 0 Å². The zero-order chi connectivity index (χ0) is 19.6. The summed E-state index contributed by atoms with van der Waals surface area (Å²) < 4.78 is 0. The quantitative estimate of drug-likeness (QED) is 0.771. The molecule has 5 heteroatoms. The second-order valence-corrected chi connectivity index (χ2v) is 9.02. The van der Waals surface area contributed by atoms with E-state index in [1.165, 1.54) is 0 Å². The van der Waals surface area contributed by atoms with Gasteiger partial charge in [-0.25, -0.2) is 0 Å². The molecule has 0 unspecified atom stereocenters. The minimum absolute atomic E-state index is 0.0843. The van der Waals surface area contributed by atoms with Crippen molar-refractivity contribution in [3.8, 4) is 0 Å². The Morgan fingerprint density at radius 3 is 2.46 bits per heavy atom. The van der Waals surface area contributed by atoms with E-state index in [0.717, 1.165) is 41.0 Å². The SMILES string of the molecule is CN(Cc1ccccc1)C(=O)CC1(N2Cc3ccccc3C2=O)CCSCC1. The van der Waals surface area contributed by atoms with E-state index in [1.54, 1.807) is 4.90 Å². The number of carbonyl (C=O) groups is 2. The highest BCUT2D eigenvalue weighted by molar-refractivity contribution is 7.99. The monoisotopic (exact) mass is 394 g/mol. The molecule has 0 spiro atoms. The van der Waals surface area contributed by atoms with Gasteiger partial charge in [0.25, 0.3) is 5.91 Å². The van der Waals surface area contributed by atoms with E-state index in [2.05, 4.69) is 0 Å². The molecule has 0 aliphatic carbocycles. The van der Waals surface area contributed by atoms with Gasteiger partial charge in [0.1, 0.15) is 0 Å². The van der Waals surface area contributed by atoms with Crippen molar-refractivity contribution in [3.05, 3.63) is 71.3 Å². The number of thioether (sulfide) groups is 1. The Kier molecular flexibility index (Phi) is 5.44.